The van der Waals surface area contributed by atoms with E-state index in [9.17, 15) is 4.79 Å². The highest BCUT2D eigenvalue weighted by atomic mass is 16.2. The second-order valence-corrected chi connectivity index (χ2v) is 4.19. The lowest BCUT2D eigenvalue weighted by Crippen LogP contribution is -2.38. The number of likely N-dealkylation sites (tertiary alicyclic amines) is 1. The molecule has 0 saturated carbocycles. The van der Waals surface area contributed by atoms with Crippen molar-refractivity contribution in [3.05, 3.63) is 12.2 Å². The summed E-state index contributed by atoms with van der Waals surface area (Å²) in [6, 6.07) is 2.03. The molecule has 0 radical (unpaired) electrons. The van der Waals surface area contributed by atoms with E-state index in [1.807, 2.05) is 13.1 Å². The highest BCUT2D eigenvalue weighted by Crippen LogP contribution is 2.05. The molecule has 0 bridgehead atoms. The number of nitrogens with one attached hydrogen (secondary N) is 1. The zero-order valence-corrected chi connectivity index (χ0v) is 9.63. The molecule has 7 nitrogen and oxygen atoms in total. The number of carbonyl (C=O) groups excluding carboxylic acids is 1. The molecule has 1 unspecified atom stereocenters. The summed E-state index contributed by atoms with van der Waals surface area (Å²) in [6.45, 7) is 1.99. The van der Waals surface area contributed by atoms with Crippen LogP contribution >= 0.6 is 0 Å². The number of hydrogen-bond donors (Lipinski definition) is 1. The van der Waals surface area contributed by atoms with Gasteiger partial charge in [0.05, 0.1) is 0 Å². The largest absolute Gasteiger partial charge is 0.350 e. The van der Waals surface area contributed by atoms with Gasteiger partial charge in [0.2, 0.25) is 5.91 Å². The summed E-state index contributed by atoms with van der Waals surface area (Å²) in [5.74, 6) is -0.0157. The Kier molecular flexibility index (Phi) is 3.35. The SMILES string of the molecule is CN1CCC(NC(=O)Cn2cnc(C#N)n2)C1. The predicted octanol–water partition coefficient (Wildman–Crippen LogP) is -1.03. The molecule has 1 aromatic heterocycles. The number of rotatable bonds is 3. The Bertz CT molecular complexity index is 448. The molecule has 1 fully saturated rings. The minimum atomic E-state index is -0.0975. The van der Waals surface area contributed by atoms with Crippen molar-refractivity contribution >= 4 is 5.91 Å². The van der Waals surface area contributed by atoms with Crippen molar-refractivity contribution in [2.45, 2.75) is 19.0 Å². The predicted molar refractivity (Wildman–Crippen MR) is 58.8 cm³/mol. The van der Waals surface area contributed by atoms with E-state index in [1.54, 1.807) is 0 Å². The molecule has 0 spiro atoms. The zero-order valence-electron chi connectivity index (χ0n) is 9.63. The minimum absolute atomic E-state index is 0.0819. The third kappa shape index (κ3) is 3.01. The Balaban J connectivity index is 1.83. The van der Waals surface area contributed by atoms with Crippen molar-refractivity contribution in [3.8, 4) is 6.07 Å². The number of carbonyl (C=O) groups is 1. The van der Waals surface area contributed by atoms with Crippen molar-refractivity contribution in [2.75, 3.05) is 20.1 Å². The summed E-state index contributed by atoms with van der Waals surface area (Å²) in [4.78, 5) is 17.6. The summed E-state index contributed by atoms with van der Waals surface area (Å²) in [6.07, 6.45) is 2.36. The molecule has 0 aliphatic carbocycles. The van der Waals surface area contributed by atoms with Crippen molar-refractivity contribution in [1.82, 2.24) is 25.0 Å². The molecule has 2 heterocycles. The topological polar surface area (TPSA) is 86.8 Å². The van der Waals surface area contributed by atoms with Crippen molar-refractivity contribution in [1.29, 1.82) is 5.26 Å². The first kappa shape index (κ1) is 11.5. The van der Waals surface area contributed by atoms with Gasteiger partial charge in [-0.1, -0.05) is 0 Å². The first-order chi connectivity index (χ1) is 8.17. The second kappa shape index (κ2) is 4.93. The number of nitriles is 1. The molecule has 1 N–H and O–H groups in total. The summed E-state index contributed by atoms with van der Waals surface area (Å²) < 4.78 is 1.37. The van der Waals surface area contributed by atoms with Gasteiger partial charge < -0.3 is 10.2 Å². The molecule has 1 aliphatic rings. The lowest BCUT2D eigenvalue weighted by Gasteiger charge is -2.12. The van der Waals surface area contributed by atoms with Gasteiger partial charge in [-0.25, -0.2) is 9.67 Å². The van der Waals surface area contributed by atoms with Crippen LogP contribution in [0, 0.1) is 11.3 Å². The van der Waals surface area contributed by atoms with Crippen LogP contribution in [0.2, 0.25) is 0 Å². The molecule has 2 rings (SSSR count). The van der Waals surface area contributed by atoms with Crippen LogP contribution in [0.15, 0.2) is 6.33 Å². The number of nitrogens with zero attached hydrogens (tertiary/aromatic N) is 5. The Morgan fingerprint density at radius 3 is 3.18 bits per heavy atom. The fourth-order valence-corrected chi connectivity index (χ4v) is 1.90. The van der Waals surface area contributed by atoms with Gasteiger partial charge in [0.15, 0.2) is 0 Å². The number of amides is 1. The molecule has 1 atom stereocenters. The lowest BCUT2D eigenvalue weighted by atomic mass is 10.2. The van der Waals surface area contributed by atoms with E-state index in [-0.39, 0.29) is 24.3 Å². The van der Waals surface area contributed by atoms with E-state index in [0.29, 0.717) is 0 Å². The van der Waals surface area contributed by atoms with Crippen LogP contribution in [-0.2, 0) is 11.3 Å². The molecule has 1 saturated heterocycles. The Morgan fingerprint density at radius 1 is 1.76 bits per heavy atom. The van der Waals surface area contributed by atoms with E-state index in [4.69, 9.17) is 5.26 Å². The Labute approximate surface area is 99.0 Å². The molecule has 17 heavy (non-hydrogen) atoms. The fraction of sp³-hybridized carbons (Fsp3) is 0.600. The summed E-state index contributed by atoms with van der Waals surface area (Å²) in [5.41, 5.74) is 0. The first-order valence-electron chi connectivity index (χ1n) is 5.45. The molecule has 7 heteroatoms. The van der Waals surface area contributed by atoms with E-state index >= 15 is 0 Å². The highest BCUT2D eigenvalue weighted by Gasteiger charge is 2.21. The standard InChI is InChI=1S/C10H14N6O/c1-15-3-2-8(5-15)13-10(17)6-16-7-12-9(4-11)14-16/h7-8H,2-3,5-6H2,1H3,(H,13,17). The lowest BCUT2D eigenvalue weighted by molar-refractivity contribution is -0.122. The van der Waals surface area contributed by atoms with E-state index in [0.717, 1.165) is 19.5 Å². The van der Waals surface area contributed by atoms with E-state index < -0.39 is 0 Å². The molecular weight excluding hydrogens is 220 g/mol. The normalized spacial score (nSPS) is 20.1. The van der Waals surface area contributed by atoms with Gasteiger partial charge in [0, 0.05) is 12.6 Å². The van der Waals surface area contributed by atoms with Crippen molar-refractivity contribution in [3.63, 3.8) is 0 Å². The van der Waals surface area contributed by atoms with E-state index in [1.165, 1.54) is 11.0 Å². The quantitative estimate of drug-likeness (QED) is 0.722. The third-order valence-electron chi connectivity index (χ3n) is 2.70. The fourth-order valence-electron chi connectivity index (χ4n) is 1.90. The molecule has 1 aliphatic heterocycles. The van der Waals surface area contributed by atoms with Gasteiger partial charge >= 0.3 is 0 Å². The van der Waals surface area contributed by atoms with Gasteiger partial charge in [-0.3, -0.25) is 4.79 Å². The number of hydrogen-bond acceptors (Lipinski definition) is 5. The smallest absolute Gasteiger partial charge is 0.252 e. The molecule has 1 aromatic rings. The Hall–Kier alpha value is -1.94. The monoisotopic (exact) mass is 234 g/mol. The van der Waals surface area contributed by atoms with Crippen molar-refractivity contribution < 1.29 is 4.79 Å². The van der Waals surface area contributed by atoms with E-state index in [2.05, 4.69) is 20.3 Å². The highest BCUT2D eigenvalue weighted by molar-refractivity contribution is 5.76. The minimum Gasteiger partial charge on any atom is -0.350 e. The number of likely N-dealkylation sites (N-methyl/N-ethyl adjacent to an activating group) is 1. The second-order valence-electron chi connectivity index (χ2n) is 4.19. The average molecular weight is 234 g/mol. The van der Waals surface area contributed by atoms with Crippen molar-refractivity contribution in [2.24, 2.45) is 0 Å². The first-order valence-corrected chi connectivity index (χ1v) is 5.45. The van der Waals surface area contributed by atoms with Gasteiger partial charge in [-0.05, 0) is 20.0 Å². The van der Waals surface area contributed by atoms with Crippen LogP contribution in [0.1, 0.15) is 12.2 Å². The van der Waals surface area contributed by atoms with Crippen LogP contribution in [0.4, 0.5) is 0 Å². The van der Waals surface area contributed by atoms with Crippen LogP contribution in [-0.4, -0.2) is 51.8 Å². The van der Waals surface area contributed by atoms with Crippen LogP contribution in [0.25, 0.3) is 0 Å². The molecule has 0 aromatic carbocycles. The van der Waals surface area contributed by atoms with Crippen LogP contribution in [0.3, 0.4) is 0 Å². The van der Waals surface area contributed by atoms with Gasteiger partial charge in [0.1, 0.15) is 18.9 Å². The maximum atomic E-state index is 11.7. The number of aromatic nitrogens is 3. The zero-order chi connectivity index (χ0) is 12.3. The summed E-state index contributed by atoms with van der Waals surface area (Å²) in [7, 11) is 2.03. The van der Waals surface area contributed by atoms with Crippen LogP contribution < -0.4 is 5.32 Å². The molecular formula is C10H14N6O. The Morgan fingerprint density at radius 2 is 2.59 bits per heavy atom. The van der Waals surface area contributed by atoms with Gasteiger partial charge in [-0.15, -0.1) is 5.10 Å². The maximum Gasteiger partial charge on any atom is 0.252 e. The average Bonchev–Trinajstić information content (AvgIpc) is 2.88. The van der Waals surface area contributed by atoms with Gasteiger partial charge in [0.25, 0.3) is 5.82 Å². The summed E-state index contributed by atoms with van der Waals surface area (Å²) in [5, 5.41) is 15.3. The molecule has 90 valence electrons. The molecule has 1 amide bonds. The summed E-state index contributed by atoms with van der Waals surface area (Å²) >= 11 is 0. The van der Waals surface area contributed by atoms with Crippen LogP contribution in [0.5, 0.6) is 0 Å². The maximum absolute atomic E-state index is 11.7. The van der Waals surface area contributed by atoms with Gasteiger partial charge in [-0.2, -0.15) is 5.26 Å². The third-order valence-corrected chi connectivity index (χ3v) is 2.70.